The number of hydrogen-bond donors (Lipinski definition) is 3. The standard InChI is InChI=1S/C20H25NO4S4/c1-29(24,25)19(20(22)21-23)8-4-2-3-6-14-9-10-17(27-14)18-12-11-16(28-18)15-7-5-13-26-15/h5,7,9-13,19-23H,2-4,6,8H2,1H3. The fourth-order valence-electron chi connectivity index (χ4n) is 3.18. The lowest BCUT2D eigenvalue weighted by Crippen LogP contribution is -2.42. The van der Waals surface area contributed by atoms with Gasteiger partial charge in [-0.15, -0.1) is 34.0 Å². The molecule has 0 bridgehead atoms. The van der Waals surface area contributed by atoms with E-state index in [1.54, 1.807) is 16.8 Å². The molecule has 0 aromatic carbocycles. The summed E-state index contributed by atoms with van der Waals surface area (Å²) in [6.07, 6.45) is 3.43. The molecule has 0 aliphatic carbocycles. The second-order valence-corrected chi connectivity index (χ2v) is 12.4. The Hall–Kier alpha value is -1.07. The van der Waals surface area contributed by atoms with Crippen LogP contribution in [0.1, 0.15) is 30.6 Å². The zero-order valence-corrected chi connectivity index (χ0v) is 19.3. The number of aliphatic hydroxyl groups excluding tert-OH is 1. The molecule has 0 amide bonds. The second-order valence-electron chi connectivity index (χ2n) is 6.95. The fraction of sp³-hybridized carbons (Fsp3) is 0.400. The zero-order valence-electron chi connectivity index (χ0n) is 16.1. The molecule has 158 valence electrons. The molecule has 9 heteroatoms. The van der Waals surface area contributed by atoms with Crippen LogP contribution in [-0.2, 0) is 16.3 Å². The average molecular weight is 472 g/mol. The van der Waals surface area contributed by atoms with E-state index in [0.717, 1.165) is 25.5 Å². The van der Waals surface area contributed by atoms with Crippen molar-refractivity contribution in [3.05, 3.63) is 46.7 Å². The molecule has 0 fully saturated rings. The van der Waals surface area contributed by atoms with Gasteiger partial charge in [-0.3, -0.25) is 0 Å². The molecular weight excluding hydrogens is 446 g/mol. The predicted molar refractivity (Wildman–Crippen MR) is 123 cm³/mol. The summed E-state index contributed by atoms with van der Waals surface area (Å²) in [5, 5.41) is 19.5. The van der Waals surface area contributed by atoms with Crippen molar-refractivity contribution in [1.82, 2.24) is 5.48 Å². The Labute approximate surface area is 183 Å². The predicted octanol–water partition coefficient (Wildman–Crippen LogP) is 5.02. The van der Waals surface area contributed by atoms with Gasteiger partial charge in [-0.1, -0.05) is 18.9 Å². The van der Waals surface area contributed by atoms with Crippen LogP contribution in [0.15, 0.2) is 41.8 Å². The molecule has 3 aromatic heterocycles. The van der Waals surface area contributed by atoms with Crippen LogP contribution in [-0.4, -0.2) is 36.5 Å². The summed E-state index contributed by atoms with van der Waals surface area (Å²) in [6, 6.07) is 12.9. The average Bonchev–Trinajstić information content (AvgIpc) is 3.43. The summed E-state index contributed by atoms with van der Waals surface area (Å²) in [5.74, 6) is 0. The number of unbranched alkanes of at least 4 members (excludes halogenated alkanes) is 2. The first-order valence-electron chi connectivity index (χ1n) is 9.38. The van der Waals surface area contributed by atoms with Crippen LogP contribution in [0.2, 0.25) is 0 Å². The monoisotopic (exact) mass is 471 g/mol. The fourth-order valence-corrected chi connectivity index (χ4v) is 7.28. The van der Waals surface area contributed by atoms with Gasteiger partial charge < -0.3 is 10.3 Å². The maximum Gasteiger partial charge on any atom is 0.154 e. The molecule has 0 aliphatic rings. The highest BCUT2D eigenvalue weighted by Gasteiger charge is 2.27. The van der Waals surface area contributed by atoms with Crippen LogP contribution < -0.4 is 5.48 Å². The van der Waals surface area contributed by atoms with Gasteiger partial charge in [0.2, 0.25) is 0 Å². The minimum Gasteiger partial charge on any atom is -0.375 e. The molecule has 0 aliphatic heterocycles. The van der Waals surface area contributed by atoms with E-state index in [-0.39, 0.29) is 0 Å². The zero-order chi connectivity index (χ0) is 20.9. The van der Waals surface area contributed by atoms with Crippen LogP contribution in [0.4, 0.5) is 0 Å². The van der Waals surface area contributed by atoms with Gasteiger partial charge in [0.25, 0.3) is 0 Å². The smallest absolute Gasteiger partial charge is 0.154 e. The molecule has 0 radical (unpaired) electrons. The van der Waals surface area contributed by atoms with Crippen molar-refractivity contribution < 1.29 is 18.7 Å². The Morgan fingerprint density at radius 3 is 2.31 bits per heavy atom. The molecule has 3 aromatic rings. The molecule has 2 unspecified atom stereocenters. The van der Waals surface area contributed by atoms with Crippen molar-refractivity contribution in [2.24, 2.45) is 0 Å². The first kappa shape index (κ1) is 22.6. The van der Waals surface area contributed by atoms with E-state index in [0.29, 0.717) is 12.8 Å². The number of aryl methyl sites for hydroxylation is 1. The number of rotatable bonds is 11. The lowest BCUT2D eigenvalue weighted by molar-refractivity contribution is -0.00153. The summed E-state index contributed by atoms with van der Waals surface area (Å²) in [6.45, 7) is 0. The SMILES string of the molecule is CS(=O)(=O)C(CCCCCc1ccc(-c2ccc(-c3cccs3)s2)s1)C(O)NO. The molecule has 29 heavy (non-hydrogen) atoms. The van der Waals surface area contributed by atoms with Crippen molar-refractivity contribution in [3.8, 4) is 19.5 Å². The highest BCUT2D eigenvalue weighted by atomic mass is 32.2. The molecule has 0 saturated heterocycles. The largest absolute Gasteiger partial charge is 0.375 e. The summed E-state index contributed by atoms with van der Waals surface area (Å²) >= 11 is 5.38. The number of thiophene rings is 3. The maximum absolute atomic E-state index is 11.7. The number of sulfone groups is 1. The summed E-state index contributed by atoms with van der Waals surface area (Å²) in [5.41, 5.74) is 1.65. The Morgan fingerprint density at radius 1 is 0.966 bits per heavy atom. The number of hydroxylamine groups is 1. The van der Waals surface area contributed by atoms with E-state index >= 15 is 0 Å². The van der Waals surface area contributed by atoms with E-state index in [1.165, 1.54) is 24.4 Å². The normalized spacial score (nSPS) is 14.2. The number of hydrogen-bond acceptors (Lipinski definition) is 8. The van der Waals surface area contributed by atoms with Gasteiger partial charge in [0.1, 0.15) is 11.5 Å². The summed E-state index contributed by atoms with van der Waals surface area (Å²) < 4.78 is 23.4. The van der Waals surface area contributed by atoms with E-state index in [9.17, 15) is 13.5 Å². The van der Waals surface area contributed by atoms with Gasteiger partial charge in [0.15, 0.2) is 9.84 Å². The van der Waals surface area contributed by atoms with E-state index in [1.807, 2.05) is 22.7 Å². The first-order valence-corrected chi connectivity index (χ1v) is 13.8. The second kappa shape index (κ2) is 10.3. The third-order valence-corrected chi connectivity index (χ3v) is 9.81. The molecule has 2 atom stereocenters. The van der Waals surface area contributed by atoms with Crippen LogP contribution in [0.5, 0.6) is 0 Å². The summed E-state index contributed by atoms with van der Waals surface area (Å²) in [4.78, 5) is 6.48. The van der Waals surface area contributed by atoms with Gasteiger partial charge in [-0.25, -0.2) is 8.42 Å². The number of nitrogens with one attached hydrogen (secondary N) is 1. The molecule has 3 N–H and O–H groups in total. The Balaban J connectivity index is 1.47. The lowest BCUT2D eigenvalue weighted by Gasteiger charge is -2.19. The summed E-state index contributed by atoms with van der Waals surface area (Å²) in [7, 11) is -3.43. The Kier molecular flexibility index (Phi) is 8.03. The highest BCUT2D eigenvalue weighted by Crippen LogP contribution is 2.39. The maximum atomic E-state index is 11.7. The molecule has 0 saturated carbocycles. The van der Waals surface area contributed by atoms with Crippen LogP contribution in [0, 0.1) is 0 Å². The van der Waals surface area contributed by atoms with Gasteiger partial charge in [-0.05, 0) is 55.0 Å². The van der Waals surface area contributed by atoms with E-state index in [2.05, 4.69) is 41.8 Å². The van der Waals surface area contributed by atoms with Crippen molar-refractivity contribution >= 4 is 43.8 Å². The van der Waals surface area contributed by atoms with Crippen molar-refractivity contribution in [2.45, 2.75) is 43.6 Å². The minimum absolute atomic E-state index is 0.323. The van der Waals surface area contributed by atoms with Crippen molar-refractivity contribution in [2.75, 3.05) is 6.26 Å². The molecular formula is C20H25NO4S4. The molecule has 3 heterocycles. The quantitative estimate of drug-likeness (QED) is 0.208. The van der Waals surface area contributed by atoms with Crippen molar-refractivity contribution in [3.63, 3.8) is 0 Å². The Morgan fingerprint density at radius 2 is 1.66 bits per heavy atom. The molecule has 5 nitrogen and oxygen atoms in total. The van der Waals surface area contributed by atoms with E-state index < -0.39 is 21.3 Å². The van der Waals surface area contributed by atoms with Crippen LogP contribution in [0.3, 0.4) is 0 Å². The topological polar surface area (TPSA) is 86.6 Å². The molecule has 3 rings (SSSR count). The van der Waals surface area contributed by atoms with Gasteiger partial charge in [0.05, 0.1) is 0 Å². The minimum atomic E-state index is -3.43. The van der Waals surface area contributed by atoms with Gasteiger partial charge in [-0.2, -0.15) is 5.48 Å². The van der Waals surface area contributed by atoms with Gasteiger partial charge in [0, 0.05) is 30.6 Å². The molecule has 0 spiro atoms. The third-order valence-electron chi connectivity index (χ3n) is 4.72. The number of aliphatic hydroxyl groups is 1. The third kappa shape index (κ3) is 6.21. The van der Waals surface area contributed by atoms with E-state index in [4.69, 9.17) is 5.21 Å². The van der Waals surface area contributed by atoms with Crippen LogP contribution in [0.25, 0.3) is 19.5 Å². The highest BCUT2D eigenvalue weighted by molar-refractivity contribution is 7.91. The van der Waals surface area contributed by atoms with Crippen molar-refractivity contribution in [1.29, 1.82) is 0 Å². The van der Waals surface area contributed by atoms with Crippen LogP contribution >= 0.6 is 34.0 Å². The Bertz CT molecular complexity index is 992. The first-order chi connectivity index (χ1) is 13.9. The lowest BCUT2D eigenvalue weighted by atomic mass is 10.1. The van der Waals surface area contributed by atoms with Gasteiger partial charge >= 0.3 is 0 Å².